The number of amides is 2. The number of unbranched alkanes of at least 4 members (excludes halogenated alkanes) is 11. The maximum Gasteiger partial charge on any atom is 0.248 e. The lowest BCUT2D eigenvalue weighted by atomic mass is 9.98. The van der Waals surface area contributed by atoms with Crippen molar-refractivity contribution in [2.75, 3.05) is 31.1 Å². The summed E-state index contributed by atoms with van der Waals surface area (Å²) in [5.74, 6) is -0.0689. The highest BCUT2D eigenvalue weighted by atomic mass is 35.5. The van der Waals surface area contributed by atoms with Crippen LogP contribution in [0.3, 0.4) is 0 Å². The monoisotopic (exact) mass is 679 g/mol. The van der Waals surface area contributed by atoms with E-state index in [-0.39, 0.29) is 18.4 Å². The van der Waals surface area contributed by atoms with Gasteiger partial charge in [0.15, 0.2) is 0 Å². The summed E-state index contributed by atoms with van der Waals surface area (Å²) in [5.41, 5.74) is 2.23. The van der Waals surface area contributed by atoms with Gasteiger partial charge in [-0.15, -0.1) is 10.3 Å². The molecule has 2 aromatic carbocycles. The zero-order chi connectivity index (χ0) is 34.4. The lowest BCUT2D eigenvalue weighted by Crippen LogP contribution is -2.49. The van der Waals surface area contributed by atoms with Crippen molar-refractivity contribution >= 4 is 34.8 Å². The van der Waals surface area contributed by atoms with Crippen molar-refractivity contribution in [3.8, 4) is 0 Å². The molecule has 0 aromatic heterocycles. The summed E-state index contributed by atoms with van der Waals surface area (Å²) in [5, 5.41) is 17.5. The predicted molar refractivity (Wildman–Crippen MR) is 194 cm³/mol. The molecule has 0 spiro atoms. The Morgan fingerprint density at radius 3 is 2.15 bits per heavy atom. The Hall–Kier alpha value is -2.78. The number of fused-ring (bicyclic) bond motifs is 1. The van der Waals surface area contributed by atoms with Crippen LogP contribution in [0.15, 0.2) is 53.5 Å². The minimum absolute atomic E-state index is 0.0321. The van der Waals surface area contributed by atoms with Gasteiger partial charge in [-0.05, 0) is 57.7 Å². The molecule has 2 aromatic rings. The van der Waals surface area contributed by atoms with Gasteiger partial charge < -0.3 is 15.0 Å². The molecule has 263 valence electrons. The molecular weight excluding hydrogens is 624 g/mol. The zero-order valence-electron chi connectivity index (χ0n) is 29.4. The predicted octanol–water partition coefficient (Wildman–Crippen LogP) is 8.66. The molecule has 0 saturated carbocycles. The van der Waals surface area contributed by atoms with Crippen molar-refractivity contribution in [1.29, 1.82) is 0 Å². The number of hydroxylamine groups is 2. The van der Waals surface area contributed by atoms with E-state index in [1.165, 1.54) is 50.0 Å². The molecule has 1 fully saturated rings. The number of nitrogens with one attached hydrogen (secondary N) is 1. The highest BCUT2D eigenvalue weighted by Crippen LogP contribution is 2.39. The minimum atomic E-state index is -0.616. The number of hydrogen-bond acceptors (Lipinski definition) is 5. The maximum absolute atomic E-state index is 13.1. The van der Waals surface area contributed by atoms with Gasteiger partial charge >= 0.3 is 0 Å². The summed E-state index contributed by atoms with van der Waals surface area (Å²) in [6.45, 7) is 7.32. The number of ether oxygens (including phenoxy) is 1. The number of halogens is 1. The number of anilines is 1. The standard InChI is InChI=1S/C39H56ClN4O4/c1-4-39(44(47)38(2,3)30-48-39)25-19-14-12-10-8-6-5-7-9-11-13-18-22-35(45)41-26-27-43-34-24-23-32(40)28-33(34)37(42-29-36(43)46)31-20-16-15-17-21-31/h15-17,20-21,23-24,28H,4-14,18-19,22,25-27,29-30H2,1-3H3,(H,41,45). The molecule has 1 N–H and O–H groups in total. The van der Waals surface area contributed by atoms with Crippen LogP contribution in [0, 0.1) is 0 Å². The molecule has 2 aliphatic rings. The van der Waals surface area contributed by atoms with E-state index in [0.29, 0.717) is 31.1 Å². The van der Waals surface area contributed by atoms with Crippen LogP contribution in [0.2, 0.25) is 5.02 Å². The van der Waals surface area contributed by atoms with Gasteiger partial charge in [-0.2, -0.15) is 0 Å². The van der Waals surface area contributed by atoms with Crippen LogP contribution >= 0.6 is 11.6 Å². The normalized spacial score (nSPS) is 19.2. The number of nitrogens with zero attached hydrogens (tertiary/aromatic N) is 3. The first kappa shape index (κ1) is 38.0. The highest BCUT2D eigenvalue weighted by molar-refractivity contribution is 6.32. The van der Waals surface area contributed by atoms with Crippen LogP contribution in [0.5, 0.6) is 0 Å². The van der Waals surface area contributed by atoms with E-state index >= 15 is 0 Å². The number of hydrogen-bond donors (Lipinski definition) is 1. The highest BCUT2D eigenvalue weighted by Gasteiger charge is 2.51. The minimum Gasteiger partial charge on any atom is -0.356 e. The van der Waals surface area contributed by atoms with E-state index < -0.39 is 11.3 Å². The average Bonchev–Trinajstić information content (AvgIpc) is 3.22. The van der Waals surface area contributed by atoms with E-state index in [0.717, 1.165) is 67.5 Å². The van der Waals surface area contributed by atoms with Gasteiger partial charge in [0, 0.05) is 35.7 Å². The molecule has 2 amide bonds. The van der Waals surface area contributed by atoms with Gasteiger partial charge in [0.25, 0.3) is 0 Å². The van der Waals surface area contributed by atoms with Crippen molar-refractivity contribution in [3.63, 3.8) is 0 Å². The van der Waals surface area contributed by atoms with Gasteiger partial charge in [-0.3, -0.25) is 14.6 Å². The fraction of sp³-hybridized carbons (Fsp3) is 0.615. The quantitative estimate of drug-likeness (QED) is 0.142. The number of aliphatic imine (C=N–C) groups is 1. The maximum atomic E-state index is 13.1. The van der Waals surface area contributed by atoms with Crippen LogP contribution in [-0.2, 0) is 19.5 Å². The Bertz CT molecular complexity index is 1350. The topological polar surface area (TPSA) is 94.1 Å². The van der Waals surface area contributed by atoms with Gasteiger partial charge in [-0.25, -0.2) is 0 Å². The molecule has 0 bridgehead atoms. The van der Waals surface area contributed by atoms with Crippen LogP contribution in [0.1, 0.15) is 128 Å². The summed E-state index contributed by atoms with van der Waals surface area (Å²) in [4.78, 5) is 31.9. The third-order valence-electron chi connectivity index (χ3n) is 9.77. The van der Waals surface area contributed by atoms with Crippen LogP contribution in [0.25, 0.3) is 0 Å². The van der Waals surface area contributed by atoms with Crippen molar-refractivity contribution < 1.29 is 19.5 Å². The Kier molecular flexibility index (Phi) is 14.9. The van der Waals surface area contributed by atoms with Crippen molar-refractivity contribution in [3.05, 3.63) is 64.7 Å². The molecule has 9 heteroatoms. The molecule has 4 rings (SSSR count). The Balaban J connectivity index is 1.02. The smallest absolute Gasteiger partial charge is 0.248 e. The fourth-order valence-corrected chi connectivity index (χ4v) is 7.07. The molecule has 48 heavy (non-hydrogen) atoms. The molecular formula is C39H56ClN4O4. The number of carbonyl (C=O) groups is 2. The summed E-state index contributed by atoms with van der Waals surface area (Å²) < 4.78 is 5.98. The molecule has 1 unspecified atom stereocenters. The SMILES string of the molecule is CCC1(CCCCCCCCCCCCCCC(=O)NCCN2C(=O)CN=C(c3ccccc3)c3cc(Cl)ccc32)OCC(C)(C)N1[O]. The van der Waals surface area contributed by atoms with E-state index in [2.05, 4.69) is 17.2 Å². The third kappa shape index (κ3) is 10.6. The largest absolute Gasteiger partial charge is 0.356 e. The van der Waals surface area contributed by atoms with Crippen molar-refractivity contribution in [2.45, 2.75) is 128 Å². The first-order valence-corrected chi connectivity index (χ1v) is 18.6. The van der Waals surface area contributed by atoms with Crippen LogP contribution in [0.4, 0.5) is 5.69 Å². The Morgan fingerprint density at radius 2 is 1.54 bits per heavy atom. The van der Waals surface area contributed by atoms with E-state index in [9.17, 15) is 14.8 Å². The zero-order valence-corrected chi connectivity index (χ0v) is 30.2. The number of benzodiazepines with no additional fused rings is 1. The van der Waals surface area contributed by atoms with E-state index in [4.69, 9.17) is 16.3 Å². The van der Waals surface area contributed by atoms with Gasteiger partial charge in [0.1, 0.15) is 12.3 Å². The molecule has 1 atom stereocenters. The first-order valence-electron chi connectivity index (χ1n) is 18.3. The summed E-state index contributed by atoms with van der Waals surface area (Å²) >= 11 is 6.35. The van der Waals surface area contributed by atoms with Gasteiger partial charge in [-0.1, -0.05) is 113 Å². The molecule has 8 nitrogen and oxygen atoms in total. The molecule has 0 aliphatic carbocycles. The summed E-state index contributed by atoms with van der Waals surface area (Å²) in [6.07, 6.45) is 16.2. The lowest BCUT2D eigenvalue weighted by Gasteiger charge is -2.34. The van der Waals surface area contributed by atoms with Crippen LogP contribution < -0.4 is 10.2 Å². The van der Waals surface area contributed by atoms with Crippen LogP contribution in [-0.4, -0.2) is 60.1 Å². The molecule has 2 heterocycles. The lowest BCUT2D eigenvalue weighted by molar-refractivity contribution is -0.294. The number of carbonyl (C=O) groups excluding carboxylic acids is 2. The Labute approximate surface area is 293 Å². The Morgan fingerprint density at radius 1 is 0.917 bits per heavy atom. The second-order valence-electron chi connectivity index (χ2n) is 14.0. The van der Waals surface area contributed by atoms with Gasteiger partial charge in [0.05, 0.1) is 23.5 Å². The van der Waals surface area contributed by atoms with E-state index in [1.807, 2.05) is 56.3 Å². The van der Waals surface area contributed by atoms with Gasteiger partial charge in [0.2, 0.25) is 11.8 Å². The second kappa shape index (κ2) is 18.8. The molecule has 1 radical (unpaired) electrons. The van der Waals surface area contributed by atoms with Crippen molar-refractivity contribution in [1.82, 2.24) is 10.4 Å². The number of benzene rings is 2. The summed E-state index contributed by atoms with van der Waals surface area (Å²) in [6, 6.07) is 15.3. The summed E-state index contributed by atoms with van der Waals surface area (Å²) in [7, 11) is 0. The van der Waals surface area contributed by atoms with Crippen molar-refractivity contribution in [2.24, 2.45) is 4.99 Å². The third-order valence-corrected chi connectivity index (χ3v) is 10.0. The number of rotatable bonds is 20. The second-order valence-corrected chi connectivity index (χ2v) is 14.5. The van der Waals surface area contributed by atoms with E-state index in [1.54, 1.807) is 11.0 Å². The first-order chi connectivity index (χ1) is 23.2. The average molecular weight is 680 g/mol. The molecule has 2 aliphatic heterocycles. The fourth-order valence-electron chi connectivity index (χ4n) is 6.90. The molecule has 1 saturated heterocycles.